The summed E-state index contributed by atoms with van der Waals surface area (Å²) in [5.74, 6) is -1.06. The monoisotopic (exact) mass is 395 g/mol. The number of hydrogen-bond acceptors (Lipinski definition) is 2. The minimum Gasteiger partial charge on any atom is -0.493 e. The zero-order valence-corrected chi connectivity index (χ0v) is 15.4. The maximum atomic E-state index is 13.3. The van der Waals surface area contributed by atoms with E-state index in [4.69, 9.17) is 4.74 Å². The van der Waals surface area contributed by atoms with Crippen molar-refractivity contribution in [3.05, 3.63) is 59.4 Å². The molecule has 7 heteroatoms. The molecule has 0 atom stereocenters. The van der Waals surface area contributed by atoms with E-state index in [1.807, 2.05) is 0 Å². The van der Waals surface area contributed by atoms with Crippen LogP contribution < -0.4 is 10.1 Å². The van der Waals surface area contributed by atoms with Gasteiger partial charge in [0.25, 0.3) is 0 Å². The molecule has 3 nitrogen and oxygen atoms in total. The maximum absolute atomic E-state index is 13.3. The van der Waals surface area contributed by atoms with Crippen LogP contribution >= 0.6 is 0 Å². The van der Waals surface area contributed by atoms with Crippen LogP contribution in [0, 0.1) is 5.82 Å². The lowest BCUT2D eigenvalue weighted by molar-refractivity contribution is -0.139. The third kappa shape index (κ3) is 3.98. The van der Waals surface area contributed by atoms with Crippen molar-refractivity contribution in [1.29, 1.82) is 0 Å². The second kappa shape index (κ2) is 7.81. The predicted molar refractivity (Wildman–Crippen MR) is 97.8 cm³/mol. The van der Waals surface area contributed by atoms with Gasteiger partial charge in [0, 0.05) is 5.69 Å². The van der Waals surface area contributed by atoms with Crippen molar-refractivity contribution in [3.63, 3.8) is 0 Å². The number of nitrogens with one attached hydrogen (secondary N) is 1. The second-order valence-electron chi connectivity index (χ2n) is 6.89. The summed E-state index contributed by atoms with van der Waals surface area (Å²) < 4.78 is 58.4. The molecule has 28 heavy (non-hydrogen) atoms. The van der Waals surface area contributed by atoms with Gasteiger partial charge in [-0.1, -0.05) is 25.0 Å². The average molecular weight is 395 g/mol. The fourth-order valence-corrected chi connectivity index (χ4v) is 3.76. The third-order valence-electron chi connectivity index (χ3n) is 5.13. The molecule has 1 amide bonds. The highest BCUT2D eigenvalue weighted by Crippen LogP contribution is 2.43. The van der Waals surface area contributed by atoms with Crippen LogP contribution in [-0.2, 0) is 16.4 Å². The number of benzene rings is 2. The molecule has 1 N–H and O–H groups in total. The highest BCUT2D eigenvalue weighted by Gasteiger charge is 2.43. The van der Waals surface area contributed by atoms with Crippen molar-refractivity contribution < 1.29 is 27.1 Å². The van der Waals surface area contributed by atoms with E-state index in [1.165, 1.54) is 24.3 Å². The van der Waals surface area contributed by atoms with Gasteiger partial charge in [-0.25, -0.2) is 4.39 Å². The third-order valence-corrected chi connectivity index (χ3v) is 5.13. The number of halogens is 4. The Labute approximate surface area is 160 Å². The molecule has 1 saturated carbocycles. The normalized spacial score (nSPS) is 16.0. The number of ether oxygens (including phenoxy) is 1. The van der Waals surface area contributed by atoms with Crippen molar-refractivity contribution in [3.8, 4) is 5.75 Å². The number of carbonyl (C=O) groups is 1. The Bertz CT molecular complexity index is 840. The van der Waals surface area contributed by atoms with Crippen LogP contribution in [0.3, 0.4) is 0 Å². The molecule has 150 valence electrons. The smallest absolute Gasteiger partial charge is 0.420 e. The van der Waals surface area contributed by atoms with E-state index in [2.05, 4.69) is 5.32 Å². The van der Waals surface area contributed by atoms with Crippen LogP contribution in [-0.4, -0.2) is 12.5 Å². The first-order chi connectivity index (χ1) is 13.3. The van der Waals surface area contributed by atoms with Gasteiger partial charge in [0.15, 0.2) is 0 Å². The maximum Gasteiger partial charge on any atom is 0.420 e. The van der Waals surface area contributed by atoms with Crippen LogP contribution in [0.25, 0.3) is 0 Å². The van der Waals surface area contributed by atoms with E-state index in [1.54, 1.807) is 19.1 Å². The minimum absolute atomic E-state index is 0.0502. The molecule has 3 rings (SSSR count). The van der Waals surface area contributed by atoms with Gasteiger partial charge in [0.05, 0.1) is 17.6 Å². The molecular weight excluding hydrogens is 374 g/mol. The average Bonchev–Trinajstić information content (AvgIpc) is 3.14. The van der Waals surface area contributed by atoms with Gasteiger partial charge in [-0.2, -0.15) is 13.2 Å². The number of anilines is 1. The first kappa shape index (κ1) is 20.2. The molecule has 0 spiro atoms. The number of amides is 1. The zero-order valence-electron chi connectivity index (χ0n) is 15.4. The van der Waals surface area contributed by atoms with Gasteiger partial charge in [0.1, 0.15) is 11.6 Å². The van der Waals surface area contributed by atoms with Crippen LogP contribution in [0.5, 0.6) is 5.75 Å². The molecule has 0 bridgehead atoms. The molecule has 0 heterocycles. The molecule has 1 aliphatic rings. The van der Waals surface area contributed by atoms with Crippen LogP contribution in [0.15, 0.2) is 42.5 Å². The fourth-order valence-electron chi connectivity index (χ4n) is 3.76. The Balaban J connectivity index is 1.91. The topological polar surface area (TPSA) is 38.3 Å². The van der Waals surface area contributed by atoms with Gasteiger partial charge >= 0.3 is 6.18 Å². The van der Waals surface area contributed by atoms with E-state index >= 15 is 0 Å². The van der Waals surface area contributed by atoms with E-state index in [9.17, 15) is 22.4 Å². The Kier molecular flexibility index (Phi) is 5.63. The Morgan fingerprint density at radius 2 is 1.75 bits per heavy atom. The second-order valence-corrected chi connectivity index (χ2v) is 6.89. The lowest BCUT2D eigenvalue weighted by atomic mass is 9.78. The number of rotatable bonds is 5. The van der Waals surface area contributed by atoms with Gasteiger partial charge in [-0.3, -0.25) is 4.79 Å². The summed E-state index contributed by atoms with van der Waals surface area (Å²) in [5.41, 5.74) is -1.08. The van der Waals surface area contributed by atoms with E-state index in [0.717, 1.165) is 18.9 Å². The molecule has 2 aromatic rings. The van der Waals surface area contributed by atoms with Crippen molar-refractivity contribution in [1.82, 2.24) is 0 Å². The number of alkyl halides is 3. The molecule has 0 aliphatic heterocycles. The summed E-state index contributed by atoms with van der Waals surface area (Å²) in [6.45, 7) is 1.70. The predicted octanol–water partition coefficient (Wildman–Crippen LogP) is 5.69. The van der Waals surface area contributed by atoms with Crippen molar-refractivity contribution >= 4 is 11.6 Å². The van der Waals surface area contributed by atoms with Crippen molar-refractivity contribution in [2.45, 2.75) is 44.2 Å². The summed E-state index contributed by atoms with van der Waals surface area (Å²) in [7, 11) is 0. The first-order valence-corrected chi connectivity index (χ1v) is 9.18. The standard InChI is InChI=1S/C21H21F4NO2/c1-2-28-18-10-9-16(13-17(18)21(23,24)25)26-19(27)20(11-3-4-12-20)14-5-7-15(22)8-6-14/h5-10,13H,2-4,11-12H2,1H3,(H,26,27). The molecule has 2 aromatic carbocycles. The Morgan fingerprint density at radius 1 is 1.11 bits per heavy atom. The Hall–Kier alpha value is -2.57. The minimum atomic E-state index is -4.60. The summed E-state index contributed by atoms with van der Waals surface area (Å²) >= 11 is 0. The van der Waals surface area contributed by atoms with E-state index in [0.29, 0.717) is 18.4 Å². The molecular formula is C21H21F4NO2. The SMILES string of the molecule is CCOc1ccc(NC(=O)C2(c3ccc(F)cc3)CCCC2)cc1C(F)(F)F. The zero-order chi connectivity index (χ0) is 20.4. The number of hydrogen-bond donors (Lipinski definition) is 1. The summed E-state index contributed by atoms with van der Waals surface area (Å²) in [4.78, 5) is 13.1. The van der Waals surface area contributed by atoms with Gasteiger partial charge in [0.2, 0.25) is 5.91 Å². The molecule has 0 aromatic heterocycles. The molecule has 1 aliphatic carbocycles. The number of carbonyl (C=O) groups excluding carboxylic acids is 1. The summed E-state index contributed by atoms with van der Waals surface area (Å²) in [6, 6.07) is 9.21. The Morgan fingerprint density at radius 3 is 2.32 bits per heavy atom. The van der Waals surface area contributed by atoms with Gasteiger partial charge < -0.3 is 10.1 Å². The quantitative estimate of drug-likeness (QED) is 0.660. The fraction of sp³-hybridized carbons (Fsp3) is 0.381. The highest BCUT2D eigenvalue weighted by molar-refractivity contribution is 5.99. The molecule has 0 radical (unpaired) electrons. The highest BCUT2D eigenvalue weighted by atomic mass is 19.4. The largest absolute Gasteiger partial charge is 0.493 e. The lowest BCUT2D eigenvalue weighted by Crippen LogP contribution is -2.38. The van der Waals surface area contributed by atoms with Crippen LogP contribution in [0.2, 0.25) is 0 Å². The van der Waals surface area contributed by atoms with Crippen molar-refractivity contribution in [2.75, 3.05) is 11.9 Å². The molecule has 0 saturated heterocycles. The lowest BCUT2D eigenvalue weighted by Gasteiger charge is -2.28. The summed E-state index contributed by atoms with van der Waals surface area (Å²) in [5, 5.41) is 2.63. The van der Waals surface area contributed by atoms with Gasteiger partial charge in [-0.05, 0) is 55.7 Å². The van der Waals surface area contributed by atoms with Crippen LogP contribution in [0.1, 0.15) is 43.7 Å². The van der Waals surface area contributed by atoms with E-state index in [-0.39, 0.29) is 24.0 Å². The summed E-state index contributed by atoms with van der Waals surface area (Å²) in [6.07, 6.45) is -1.84. The molecule has 1 fully saturated rings. The molecule has 0 unspecified atom stereocenters. The van der Waals surface area contributed by atoms with Crippen molar-refractivity contribution in [2.24, 2.45) is 0 Å². The van der Waals surface area contributed by atoms with Gasteiger partial charge in [-0.15, -0.1) is 0 Å². The van der Waals surface area contributed by atoms with E-state index < -0.39 is 23.0 Å². The first-order valence-electron chi connectivity index (χ1n) is 9.18. The van der Waals surface area contributed by atoms with Crippen LogP contribution in [0.4, 0.5) is 23.2 Å².